The highest BCUT2D eigenvalue weighted by atomic mass is 16.3. The molecule has 0 bridgehead atoms. The first-order chi connectivity index (χ1) is 10.2. The first-order valence-electron chi connectivity index (χ1n) is 8.87. The molecule has 0 amide bonds. The molecular formula is C21H36O. The number of rotatable bonds is 6. The standard InChI is InChI=1S/C21H36O/c1-8-15(2)11-9-12-17(4)20(22)18(5)19-16(3)13-10-14-21(19,6)7/h8,12,18,20,22H,9-11,13-14H2,1-7H3/b15-8+,17-12+. The van der Waals surface area contributed by atoms with Crippen LogP contribution in [0.2, 0.25) is 0 Å². The highest BCUT2D eigenvalue weighted by molar-refractivity contribution is 5.28. The van der Waals surface area contributed by atoms with E-state index in [4.69, 9.17) is 0 Å². The van der Waals surface area contributed by atoms with Crippen molar-refractivity contribution in [3.05, 3.63) is 34.4 Å². The molecule has 0 saturated heterocycles. The molecule has 2 atom stereocenters. The number of aliphatic hydroxyl groups excluding tert-OH is 1. The lowest BCUT2D eigenvalue weighted by molar-refractivity contribution is 0.148. The van der Waals surface area contributed by atoms with Gasteiger partial charge in [0, 0.05) is 5.92 Å². The van der Waals surface area contributed by atoms with Crippen LogP contribution in [-0.2, 0) is 0 Å². The Morgan fingerprint density at radius 3 is 2.50 bits per heavy atom. The maximum atomic E-state index is 10.8. The second-order valence-electron chi connectivity index (χ2n) is 7.79. The zero-order valence-electron chi connectivity index (χ0n) is 15.8. The number of hydrogen-bond donors (Lipinski definition) is 1. The molecule has 1 aliphatic rings. The normalized spacial score (nSPS) is 22.7. The van der Waals surface area contributed by atoms with Crippen molar-refractivity contribution in [2.75, 3.05) is 0 Å². The van der Waals surface area contributed by atoms with Crippen LogP contribution >= 0.6 is 0 Å². The van der Waals surface area contributed by atoms with E-state index in [1.165, 1.54) is 36.0 Å². The summed E-state index contributed by atoms with van der Waals surface area (Å²) in [6, 6.07) is 0. The summed E-state index contributed by atoms with van der Waals surface area (Å²) in [4.78, 5) is 0. The van der Waals surface area contributed by atoms with E-state index < -0.39 is 0 Å². The van der Waals surface area contributed by atoms with Gasteiger partial charge in [-0.2, -0.15) is 0 Å². The third-order valence-electron chi connectivity index (χ3n) is 5.44. The molecule has 1 rings (SSSR count). The zero-order chi connectivity index (χ0) is 16.9. The molecule has 0 heterocycles. The molecule has 22 heavy (non-hydrogen) atoms. The number of allylic oxidation sites excluding steroid dienone is 4. The summed E-state index contributed by atoms with van der Waals surface area (Å²) in [6.45, 7) is 15.5. The maximum absolute atomic E-state index is 10.8. The highest BCUT2D eigenvalue weighted by Gasteiger charge is 2.34. The fraction of sp³-hybridized carbons (Fsp3) is 0.714. The van der Waals surface area contributed by atoms with Crippen molar-refractivity contribution in [3.8, 4) is 0 Å². The Morgan fingerprint density at radius 2 is 1.95 bits per heavy atom. The van der Waals surface area contributed by atoms with E-state index in [-0.39, 0.29) is 17.4 Å². The topological polar surface area (TPSA) is 20.2 Å². The van der Waals surface area contributed by atoms with Crippen molar-refractivity contribution >= 4 is 0 Å². The monoisotopic (exact) mass is 304 g/mol. The van der Waals surface area contributed by atoms with Gasteiger partial charge in [0.1, 0.15) is 0 Å². The Balaban J connectivity index is 2.83. The summed E-state index contributed by atoms with van der Waals surface area (Å²) < 4.78 is 0. The molecule has 1 N–H and O–H groups in total. The zero-order valence-corrected chi connectivity index (χ0v) is 15.8. The van der Waals surface area contributed by atoms with Gasteiger partial charge in [-0.25, -0.2) is 0 Å². The van der Waals surface area contributed by atoms with Gasteiger partial charge in [0.05, 0.1) is 6.10 Å². The van der Waals surface area contributed by atoms with Crippen LogP contribution < -0.4 is 0 Å². The van der Waals surface area contributed by atoms with Crippen LogP contribution in [0.25, 0.3) is 0 Å². The maximum Gasteiger partial charge on any atom is 0.0810 e. The summed E-state index contributed by atoms with van der Waals surface area (Å²) >= 11 is 0. The summed E-state index contributed by atoms with van der Waals surface area (Å²) in [5.74, 6) is 0.217. The minimum absolute atomic E-state index is 0.217. The molecule has 1 nitrogen and oxygen atoms in total. The van der Waals surface area contributed by atoms with Gasteiger partial charge >= 0.3 is 0 Å². The third-order valence-corrected chi connectivity index (χ3v) is 5.44. The molecular weight excluding hydrogens is 268 g/mol. The fourth-order valence-corrected chi connectivity index (χ4v) is 3.99. The van der Waals surface area contributed by atoms with Gasteiger partial charge in [0.2, 0.25) is 0 Å². The van der Waals surface area contributed by atoms with E-state index in [9.17, 15) is 5.11 Å². The van der Waals surface area contributed by atoms with Gasteiger partial charge in [-0.1, -0.05) is 49.6 Å². The molecule has 1 heteroatoms. The Morgan fingerprint density at radius 1 is 1.32 bits per heavy atom. The second-order valence-corrected chi connectivity index (χ2v) is 7.79. The summed E-state index contributed by atoms with van der Waals surface area (Å²) in [7, 11) is 0. The molecule has 0 aromatic rings. The first kappa shape index (κ1) is 19.2. The van der Waals surface area contributed by atoms with Crippen LogP contribution in [0.15, 0.2) is 34.4 Å². The average molecular weight is 305 g/mol. The van der Waals surface area contributed by atoms with Crippen LogP contribution in [0.1, 0.15) is 80.6 Å². The Kier molecular flexibility index (Phi) is 7.12. The van der Waals surface area contributed by atoms with Crippen molar-refractivity contribution < 1.29 is 5.11 Å². The largest absolute Gasteiger partial charge is 0.388 e. The molecule has 0 fully saturated rings. The van der Waals surface area contributed by atoms with Crippen LogP contribution in [-0.4, -0.2) is 11.2 Å². The molecule has 0 radical (unpaired) electrons. The fourth-order valence-electron chi connectivity index (χ4n) is 3.99. The predicted molar refractivity (Wildman–Crippen MR) is 97.9 cm³/mol. The summed E-state index contributed by atoms with van der Waals surface area (Å²) in [6.07, 6.45) is 9.85. The van der Waals surface area contributed by atoms with Crippen LogP contribution in [0.4, 0.5) is 0 Å². The van der Waals surface area contributed by atoms with Crippen LogP contribution in [0, 0.1) is 11.3 Å². The van der Waals surface area contributed by atoms with Gasteiger partial charge < -0.3 is 5.11 Å². The SMILES string of the molecule is C/C=C(\C)CC/C=C(\C)C(O)C(C)C1=C(C)CCCC1(C)C. The number of hydrogen-bond acceptors (Lipinski definition) is 1. The number of aliphatic hydroxyl groups is 1. The summed E-state index contributed by atoms with van der Waals surface area (Å²) in [5.41, 5.74) is 5.76. The van der Waals surface area contributed by atoms with E-state index in [1.54, 1.807) is 0 Å². The van der Waals surface area contributed by atoms with Crippen molar-refractivity contribution in [1.29, 1.82) is 0 Å². The quantitative estimate of drug-likeness (QED) is 0.579. The van der Waals surface area contributed by atoms with Crippen molar-refractivity contribution in [2.24, 2.45) is 11.3 Å². The molecule has 0 aromatic carbocycles. The highest BCUT2D eigenvalue weighted by Crippen LogP contribution is 2.45. The Bertz CT molecular complexity index is 462. The Hall–Kier alpha value is -0.820. The van der Waals surface area contributed by atoms with Crippen molar-refractivity contribution in [1.82, 2.24) is 0 Å². The smallest absolute Gasteiger partial charge is 0.0810 e. The molecule has 0 aromatic heterocycles. The minimum Gasteiger partial charge on any atom is -0.388 e. The lowest BCUT2D eigenvalue weighted by Crippen LogP contribution is -2.31. The lowest BCUT2D eigenvalue weighted by atomic mass is 9.67. The van der Waals surface area contributed by atoms with E-state index in [0.717, 1.165) is 18.4 Å². The van der Waals surface area contributed by atoms with E-state index in [0.29, 0.717) is 0 Å². The van der Waals surface area contributed by atoms with Gasteiger partial charge in [0.25, 0.3) is 0 Å². The predicted octanol–water partition coefficient (Wildman–Crippen LogP) is 6.20. The van der Waals surface area contributed by atoms with Crippen molar-refractivity contribution in [2.45, 2.75) is 86.7 Å². The summed E-state index contributed by atoms with van der Waals surface area (Å²) in [5, 5.41) is 10.8. The molecule has 0 saturated carbocycles. The molecule has 126 valence electrons. The van der Waals surface area contributed by atoms with Gasteiger partial charge in [-0.15, -0.1) is 0 Å². The average Bonchev–Trinajstić information content (AvgIpc) is 2.44. The van der Waals surface area contributed by atoms with Gasteiger partial charge in [-0.05, 0) is 70.8 Å². The third kappa shape index (κ3) is 4.84. The van der Waals surface area contributed by atoms with Crippen LogP contribution in [0.3, 0.4) is 0 Å². The molecule has 0 spiro atoms. The molecule has 2 unspecified atom stereocenters. The minimum atomic E-state index is -0.353. The second kappa shape index (κ2) is 8.15. The van der Waals surface area contributed by atoms with E-state index in [2.05, 4.69) is 60.6 Å². The van der Waals surface area contributed by atoms with Crippen LogP contribution in [0.5, 0.6) is 0 Å². The van der Waals surface area contributed by atoms with E-state index >= 15 is 0 Å². The first-order valence-corrected chi connectivity index (χ1v) is 8.87. The van der Waals surface area contributed by atoms with Gasteiger partial charge in [-0.3, -0.25) is 0 Å². The Labute approximate surface area is 138 Å². The lowest BCUT2D eigenvalue weighted by Gasteiger charge is -2.39. The van der Waals surface area contributed by atoms with Gasteiger partial charge in [0.15, 0.2) is 0 Å². The molecule has 1 aliphatic carbocycles. The molecule has 0 aliphatic heterocycles. The van der Waals surface area contributed by atoms with E-state index in [1.807, 2.05) is 0 Å². The van der Waals surface area contributed by atoms with Crippen molar-refractivity contribution in [3.63, 3.8) is 0 Å².